The second-order valence-electron chi connectivity index (χ2n) is 6.93. The molecule has 1 N–H and O–H groups in total. The van der Waals surface area contributed by atoms with Crippen molar-refractivity contribution in [3.8, 4) is 5.75 Å². The van der Waals surface area contributed by atoms with Gasteiger partial charge in [0.25, 0.3) is 0 Å². The predicted octanol–water partition coefficient (Wildman–Crippen LogP) is 8.44. The number of phenolic OH excluding ortho intramolecular Hbond substituents is 1. The van der Waals surface area contributed by atoms with Gasteiger partial charge in [0.2, 0.25) is 0 Å². The van der Waals surface area contributed by atoms with Gasteiger partial charge in [0.05, 0.1) is 0 Å². The molecular weight excluding hydrogens is 304 g/mol. The fourth-order valence-electron chi connectivity index (χ4n) is 2.96. The number of benzene rings is 1. The smallest absolute Gasteiger partial charge is 0.115 e. The van der Waals surface area contributed by atoms with Crippen molar-refractivity contribution in [2.24, 2.45) is 0 Å². The van der Waals surface area contributed by atoms with Crippen molar-refractivity contribution < 1.29 is 5.11 Å². The molecule has 0 atom stereocenters. The van der Waals surface area contributed by atoms with Crippen molar-refractivity contribution in [3.05, 3.63) is 42.0 Å². The van der Waals surface area contributed by atoms with Crippen LogP contribution in [0.1, 0.15) is 104 Å². The van der Waals surface area contributed by atoms with Crippen LogP contribution < -0.4 is 0 Å². The molecule has 144 valence electrons. The number of hydrogen-bond acceptors (Lipinski definition) is 1. The number of rotatable bonds is 13. The van der Waals surface area contributed by atoms with Crippen LogP contribution in [0.5, 0.6) is 5.75 Å². The van der Waals surface area contributed by atoms with Gasteiger partial charge in [-0.2, -0.15) is 0 Å². The number of unbranched alkanes of at least 4 members (excludes halogenated alkanes) is 8. The van der Waals surface area contributed by atoms with Crippen LogP contribution in [0, 0.1) is 0 Å². The Bertz CT molecular complexity index is 378. The van der Waals surface area contributed by atoms with Crippen molar-refractivity contribution in [2.75, 3.05) is 0 Å². The average Bonchev–Trinajstić information content (AvgIpc) is 2.62. The zero-order valence-electron chi connectivity index (χ0n) is 17.1. The summed E-state index contributed by atoms with van der Waals surface area (Å²) in [7, 11) is 0. The lowest BCUT2D eigenvalue weighted by Crippen LogP contribution is -1.88. The van der Waals surface area contributed by atoms with E-state index >= 15 is 0 Å². The maximum atomic E-state index is 8.63. The van der Waals surface area contributed by atoms with Gasteiger partial charge < -0.3 is 5.11 Å². The molecule has 0 fully saturated rings. The molecule has 0 bridgehead atoms. The van der Waals surface area contributed by atoms with E-state index in [0.29, 0.717) is 5.75 Å². The van der Waals surface area contributed by atoms with Crippen LogP contribution in [-0.4, -0.2) is 5.11 Å². The van der Waals surface area contributed by atoms with Gasteiger partial charge in [-0.15, -0.1) is 0 Å². The molecule has 0 aliphatic carbocycles. The summed E-state index contributed by atoms with van der Waals surface area (Å²) in [4.78, 5) is 0. The van der Waals surface area contributed by atoms with Crippen LogP contribution in [0.2, 0.25) is 0 Å². The highest BCUT2D eigenvalue weighted by Gasteiger charge is 1.98. The molecule has 0 radical (unpaired) electrons. The summed E-state index contributed by atoms with van der Waals surface area (Å²) in [6, 6.07) is 8.71. The number of allylic oxidation sites excluding steroid dienone is 2. The average molecular weight is 347 g/mol. The Morgan fingerprint density at radius 3 is 1.56 bits per heavy atom. The molecule has 1 heteroatoms. The minimum absolute atomic E-state index is 0.322. The summed E-state index contributed by atoms with van der Waals surface area (Å²) in [5.41, 5.74) is 1.74. The third-order valence-electron chi connectivity index (χ3n) is 4.45. The minimum Gasteiger partial charge on any atom is -0.508 e. The van der Waals surface area contributed by atoms with Crippen LogP contribution in [0.4, 0.5) is 0 Å². The molecule has 1 nitrogen and oxygen atoms in total. The van der Waals surface area contributed by atoms with E-state index in [1.165, 1.54) is 83.5 Å². The van der Waals surface area contributed by atoms with Crippen LogP contribution in [0.15, 0.2) is 42.0 Å². The Kier molecular flexibility index (Phi) is 18.1. The molecule has 0 aliphatic heterocycles. The number of phenols is 1. The topological polar surface area (TPSA) is 20.2 Å². The molecule has 1 rings (SSSR count). The Labute approximate surface area is 157 Å². The first kappa shape index (κ1) is 23.8. The van der Waals surface area contributed by atoms with E-state index in [1.807, 2.05) is 6.07 Å². The van der Waals surface area contributed by atoms with Gasteiger partial charge in [-0.3, -0.25) is 0 Å². The number of aromatic hydroxyl groups is 1. The highest BCUT2D eigenvalue weighted by atomic mass is 16.3. The molecule has 1 aromatic rings. The minimum atomic E-state index is 0.322. The van der Waals surface area contributed by atoms with Crippen molar-refractivity contribution in [3.63, 3.8) is 0 Å². The lowest BCUT2D eigenvalue weighted by Gasteiger charge is -2.07. The monoisotopic (exact) mass is 346 g/mol. The van der Waals surface area contributed by atoms with Crippen LogP contribution in [0.25, 0.3) is 0 Å². The summed E-state index contributed by atoms with van der Waals surface area (Å²) < 4.78 is 0. The largest absolute Gasteiger partial charge is 0.508 e. The third kappa shape index (κ3) is 17.4. The van der Waals surface area contributed by atoms with Gasteiger partial charge in [0, 0.05) is 0 Å². The van der Waals surface area contributed by atoms with Crippen molar-refractivity contribution in [1.29, 1.82) is 0 Å². The summed E-state index contributed by atoms with van der Waals surface area (Å²) in [6.45, 7) is 6.85. The maximum absolute atomic E-state index is 8.63. The highest BCUT2D eigenvalue weighted by molar-refractivity contribution is 5.18. The Balaban J connectivity index is 0.000000676. The lowest BCUT2D eigenvalue weighted by molar-refractivity contribution is 0.475. The van der Waals surface area contributed by atoms with Gasteiger partial charge in [-0.25, -0.2) is 0 Å². The summed E-state index contributed by atoms with van der Waals surface area (Å²) in [5, 5.41) is 8.63. The first-order chi connectivity index (χ1) is 12.2. The van der Waals surface area contributed by atoms with Gasteiger partial charge in [0.1, 0.15) is 5.75 Å². The van der Waals surface area contributed by atoms with Crippen LogP contribution >= 0.6 is 0 Å². The first-order valence-corrected chi connectivity index (χ1v) is 10.7. The molecule has 0 aromatic heterocycles. The van der Waals surface area contributed by atoms with E-state index in [0.717, 1.165) is 0 Å². The molecule has 0 spiro atoms. The molecule has 0 saturated heterocycles. The Hall–Kier alpha value is -1.24. The van der Waals surface area contributed by atoms with Crippen LogP contribution in [0.3, 0.4) is 0 Å². The predicted molar refractivity (Wildman–Crippen MR) is 113 cm³/mol. The molecule has 0 unspecified atom stereocenters. The zero-order chi connectivity index (χ0) is 18.6. The van der Waals surface area contributed by atoms with E-state index in [9.17, 15) is 0 Å². The number of hydrogen-bond donors (Lipinski definition) is 1. The molecular formula is C24H42O. The summed E-state index contributed by atoms with van der Waals surface area (Å²) in [6.07, 6.45) is 20.6. The van der Waals surface area contributed by atoms with Gasteiger partial charge in [-0.05, 0) is 44.2 Å². The second kappa shape index (κ2) is 19.1. The Morgan fingerprint density at radius 2 is 1.20 bits per heavy atom. The third-order valence-corrected chi connectivity index (χ3v) is 4.45. The summed E-state index contributed by atoms with van der Waals surface area (Å²) >= 11 is 0. The van der Waals surface area contributed by atoms with Crippen LogP contribution in [-0.2, 0) is 0 Å². The summed E-state index contributed by atoms with van der Waals surface area (Å²) in [5.74, 6) is 0.322. The standard InChI is InChI=1S/C18H36.C6H6O/c1-4-7-9-11-13-16-18(15-6-3)17-14-12-10-8-5-2;7-6-4-2-1-3-5-6/h15H,4-14,16-17H2,1-3H3;1-5,7H. The Morgan fingerprint density at radius 1 is 0.720 bits per heavy atom. The van der Waals surface area contributed by atoms with Crippen molar-refractivity contribution >= 4 is 0 Å². The SMILES string of the molecule is CCC=C(CCCCCCC)CCCCCCC.Oc1ccccc1. The lowest BCUT2D eigenvalue weighted by atomic mass is 9.99. The van der Waals surface area contributed by atoms with Crippen molar-refractivity contribution in [2.45, 2.75) is 104 Å². The van der Waals surface area contributed by atoms with Gasteiger partial charge in [0.15, 0.2) is 0 Å². The van der Waals surface area contributed by atoms with Gasteiger partial charge in [-0.1, -0.05) is 102 Å². The fraction of sp³-hybridized carbons (Fsp3) is 0.667. The zero-order valence-corrected chi connectivity index (χ0v) is 17.1. The van der Waals surface area contributed by atoms with E-state index in [4.69, 9.17) is 5.11 Å². The second-order valence-corrected chi connectivity index (χ2v) is 6.93. The fourth-order valence-corrected chi connectivity index (χ4v) is 2.96. The van der Waals surface area contributed by atoms with Gasteiger partial charge >= 0.3 is 0 Å². The highest BCUT2D eigenvalue weighted by Crippen LogP contribution is 2.18. The van der Waals surface area contributed by atoms with Crippen molar-refractivity contribution in [1.82, 2.24) is 0 Å². The van der Waals surface area contributed by atoms with E-state index in [-0.39, 0.29) is 0 Å². The molecule has 0 aliphatic rings. The molecule has 25 heavy (non-hydrogen) atoms. The first-order valence-electron chi connectivity index (χ1n) is 10.7. The number of para-hydroxylation sites is 1. The van der Waals surface area contributed by atoms with E-state index in [2.05, 4.69) is 26.8 Å². The quantitative estimate of drug-likeness (QED) is 0.280. The normalized spacial score (nSPS) is 10.0. The molecule has 0 heterocycles. The van der Waals surface area contributed by atoms with E-state index < -0.39 is 0 Å². The molecule has 1 aromatic carbocycles. The maximum Gasteiger partial charge on any atom is 0.115 e. The molecule has 0 amide bonds. The van der Waals surface area contributed by atoms with E-state index in [1.54, 1.807) is 29.8 Å². The molecule has 0 saturated carbocycles.